The van der Waals surface area contributed by atoms with E-state index >= 15 is 0 Å². The lowest BCUT2D eigenvalue weighted by Crippen LogP contribution is -2.39. The van der Waals surface area contributed by atoms with Gasteiger partial charge in [-0.25, -0.2) is 4.98 Å². The first-order valence-corrected chi connectivity index (χ1v) is 8.05. The minimum Gasteiger partial charge on any atom is -0.468 e. The zero-order chi connectivity index (χ0) is 13.7. The van der Waals surface area contributed by atoms with Crippen LogP contribution in [-0.2, 0) is 9.53 Å². The Morgan fingerprint density at radius 3 is 3.00 bits per heavy atom. The molecule has 0 aromatic carbocycles. The molecule has 6 heteroatoms. The lowest BCUT2D eigenvalue weighted by molar-refractivity contribution is -0.143. The van der Waals surface area contributed by atoms with Crippen LogP contribution in [0.5, 0.6) is 0 Å². The summed E-state index contributed by atoms with van der Waals surface area (Å²) in [6.07, 6.45) is 4.86. The number of aromatic nitrogens is 1. The minimum atomic E-state index is -0.194. The number of pyridine rings is 1. The summed E-state index contributed by atoms with van der Waals surface area (Å²) in [7, 11) is 1.44. The third-order valence-corrected chi connectivity index (χ3v) is 4.30. The normalized spacial score (nSPS) is 16.1. The van der Waals surface area contributed by atoms with Gasteiger partial charge in [-0.2, -0.15) is 0 Å². The molecule has 104 valence electrons. The van der Waals surface area contributed by atoms with E-state index in [1.165, 1.54) is 7.11 Å². The molecular weight excluding hydrogens is 328 g/mol. The molecule has 1 aromatic heterocycles. The van der Waals surface area contributed by atoms with Gasteiger partial charge in [-0.1, -0.05) is 0 Å². The van der Waals surface area contributed by atoms with Crippen molar-refractivity contribution < 1.29 is 9.53 Å². The van der Waals surface area contributed by atoms with Gasteiger partial charge in [0.1, 0.15) is 6.04 Å². The van der Waals surface area contributed by atoms with Gasteiger partial charge in [0.25, 0.3) is 0 Å². The molecule has 1 aliphatic rings. The Bertz CT molecular complexity index is 423. The third kappa shape index (κ3) is 5.12. The molecule has 1 aliphatic carbocycles. The van der Waals surface area contributed by atoms with E-state index in [2.05, 4.69) is 26.2 Å². The fourth-order valence-electron chi connectivity index (χ4n) is 1.67. The van der Waals surface area contributed by atoms with Crippen molar-refractivity contribution in [2.45, 2.75) is 36.4 Å². The number of nitrogens with zero attached hydrogens (tertiary/aromatic N) is 1. The Kier molecular flexibility index (Phi) is 5.66. The molecule has 1 aromatic rings. The summed E-state index contributed by atoms with van der Waals surface area (Å²) in [6.45, 7) is 0. The Morgan fingerprint density at radius 2 is 2.42 bits per heavy atom. The molecule has 0 amide bonds. The van der Waals surface area contributed by atoms with Gasteiger partial charge >= 0.3 is 5.97 Å². The lowest BCUT2D eigenvalue weighted by atomic mass is 10.2. The molecule has 0 bridgehead atoms. The van der Waals surface area contributed by atoms with Gasteiger partial charge in [-0.15, -0.1) is 11.8 Å². The molecule has 0 spiro atoms. The Balaban J connectivity index is 1.77. The number of hydrogen-bond donors (Lipinski definition) is 1. The fraction of sp³-hybridized carbons (Fsp3) is 0.538. The zero-order valence-corrected chi connectivity index (χ0v) is 13.2. The zero-order valence-electron chi connectivity index (χ0n) is 10.8. The molecule has 1 fully saturated rings. The fourth-order valence-corrected chi connectivity index (χ4v) is 2.76. The van der Waals surface area contributed by atoms with E-state index in [1.54, 1.807) is 18.0 Å². The van der Waals surface area contributed by atoms with E-state index in [0.29, 0.717) is 6.04 Å². The second kappa shape index (κ2) is 7.26. The SMILES string of the molecule is COC(=O)C(CCSc1ccc(Br)cn1)NC1CC1. The van der Waals surface area contributed by atoms with Crippen LogP contribution in [0.15, 0.2) is 27.8 Å². The second-order valence-electron chi connectivity index (χ2n) is 4.47. The molecule has 1 unspecified atom stereocenters. The predicted molar refractivity (Wildman–Crippen MR) is 79.2 cm³/mol. The Hall–Kier alpha value is -0.590. The highest BCUT2D eigenvalue weighted by molar-refractivity contribution is 9.10. The van der Waals surface area contributed by atoms with Crippen LogP contribution < -0.4 is 5.32 Å². The van der Waals surface area contributed by atoms with Crippen molar-refractivity contribution in [1.29, 1.82) is 0 Å². The monoisotopic (exact) mass is 344 g/mol. The van der Waals surface area contributed by atoms with Crippen molar-refractivity contribution in [2.24, 2.45) is 0 Å². The molecule has 0 saturated heterocycles. The van der Waals surface area contributed by atoms with Crippen LogP contribution in [0.1, 0.15) is 19.3 Å². The molecule has 1 heterocycles. The number of carbonyl (C=O) groups excluding carboxylic acids is 1. The van der Waals surface area contributed by atoms with Crippen LogP contribution in [0.2, 0.25) is 0 Å². The molecule has 1 atom stereocenters. The maximum absolute atomic E-state index is 11.6. The maximum Gasteiger partial charge on any atom is 0.322 e. The van der Waals surface area contributed by atoms with E-state index in [4.69, 9.17) is 4.74 Å². The van der Waals surface area contributed by atoms with E-state index in [9.17, 15) is 4.79 Å². The average molecular weight is 345 g/mol. The van der Waals surface area contributed by atoms with Crippen LogP contribution in [-0.4, -0.2) is 35.9 Å². The van der Waals surface area contributed by atoms with Crippen LogP contribution in [0, 0.1) is 0 Å². The number of carbonyl (C=O) groups is 1. The number of thioether (sulfide) groups is 1. The number of hydrogen-bond acceptors (Lipinski definition) is 5. The largest absolute Gasteiger partial charge is 0.468 e. The van der Waals surface area contributed by atoms with Crippen LogP contribution in [0.4, 0.5) is 0 Å². The van der Waals surface area contributed by atoms with Gasteiger partial charge in [0.15, 0.2) is 0 Å². The maximum atomic E-state index is 11.6. The molecule has 2 rings (SSSR count). The van der Waals surface area contributed by atoms with Gasteiger partial charge in [-0.3, -0.25) is 4.79 Å². The molecule has 19 heavy (non-hydrogen) atoms. The second-order valence-corrected chi connectivity index (χ2v) is 6.50. The first-order chi connectivity index (χ1) is 9.19. The number of halogens is 1. The highest BCUT2D eigenvalue weighted by Crippen LogP contribution is 2.22. The highest BCUT2D eigenvalue weighted by atomic mass is 79.9. The third-order valence-electron chi connectivity index (χ3n) is 2.86. The summed E-state index contributed by atoms with van der Waals surface area (Å²) in [5.41, 5.74) is 0. The van der Waals surface area contributed by atoms with Crippen molar-refractivity contribution in [3.05, 3.63) is 22.8 Å². The number of esters is 1. The Labute approximate surface area is 125 Å². The molecule has 0 aliphatic heterocycles. The topological polar surface area (TPSA) is 51.2 Å². The summed E-state index contributed by atoms with van der Waals surface area (Å²) in [5.74, 6) is 0.671. The molecule has 1 saturated carbocycles. The van der Waals surface area contributed by atoms with Crippen molar-refractivity contribution in [3.63, 3.8) is 0 Å². The highest BCUT2D eigenvalue weighted by Gasteiger charge is 2.28. The van der Waals surface area contributed by atoms with E-state index in [0.717, 1.165) is 34.5 Å². The van der Waals surface area contributed by atoms with E-state index < -0.39 is 0 Å². The minimum absolute atomic E-state index is 0.170. The van der Waals surface area contributed by atoms with Crippen LogP contribution in [0.25, 0.3) is 0 Å². The molecule has 4 nitrogen and oxygen atoms in total. The standard InChI is InChI=1S/C13H17BrN2O2S/c1-18-13(17)11(16-10-3-4-10)6-7-19-12-5-2-9(14)8-15-12/h2,5,8,10-11,16H,3-4,6-7H2,1H3. The number of ether oxygens (including phenoxy) is 1. The van der Waals surface area contributed by atoms with Crippen LogP contribution in [0.3, 0.4) is 0 Å². The van der Waals surface area contributed by atoms with E-state index in [1.807, 2.05) is 12.1 Å². The Morgan fingerprint density at radius 1 is 1.63 bits per heavy atom. The van der Waals surface area contributed by atoms with Crippen molar-refractivity contribution in [2.75, 3.05) is 12.9 Å². The first-order valence-electron chi connectivity index (χ1n) is 6.27. The quantitative estimate of drug-likeness (QED) is 0.608. The number of rotatable bonds is 7. The van der Waals surface area contributed by atoms with Gasteiger partial charge in [0.05, 0.1) is 12.1 Å². The average Bonchev–Trinajstić information content (AvgIpc) is 3.23. The molecular formula is C13H17BrN2O2S. The van der Waals surface area contributed by atoms with Gasteiger partial charge in [0, 0.05) is 22.5 Å². The summed E-state index contributed by atoms with van der Waals surface area (Å²) in [5, 5.41) is 4.29. The van der Waals surface area contributed by atoms with Gasteiger partial charge < -0.3 is 10.1 Å². The van der Waals surface area contributed by atoms with Crippen molar-refractivity contribution in [1.82, 2.24) is 10.3 Å². The van der Waals surface area contributed by atoms with Crippen molar-refractivity contribution in [3.8, 4) is 0 Å². The lowest BCUT2D eigenvalue weighted by Gasteiger charge is -2.15. The first kappa shape index (κ1) is 14.8. The van der Waals surface area contributed by atoms with Crippen LogP contribution >= 0.6 is 27.7 Å². The predicted octanol–water partition coefficient (Wildman–Crippen LogP) is 2.62. The summed E-state index contributed by atoms with van der Waals surface area (Å²) < 4.78 is 5.80. The number of nitrogens with one attached hydrogen (secondary N) is 1. The molecule has 0 radical (unpaired) electrons. The molecule has 1 N–H and O–H groups in total. The summed E-state index contributed by atoms with van der Waals surface area (Å²) in [4.78, 5) is 15.9. The van der Waals surface area contributed by atoms with Gasteiger partial charge in [-0.05, 0) is 47.3 Å². The van der Waals surface area contributed by atoms with Crippen molar-refractivity contribution >= 4 is 33.7 Å². The van der Waals surface area contributed by atoms with E-state index in [-0.39, 0.29) is 12.0 Å². The van der Waals surface area contributed by atoms with Gasteiger partial charge in [0.2, 0.25) is 0 Å². The smallest absolute Gasteiger partial charge is 0.322 e. The summed E-state index contributed by atoms with van der Waals surface area (Å²) >= 11 is 5.01. The summed E-state index contributed by atoms with van der Waals surface area (Å²) in [6, 6.07) is 4.24. The number of methoxy groups -OCH3 is 1.